The van der Waals surface area contributed by atoms with Gasteiger partial charge in [0.05, 0.1) is 24.2 Å². The van der Waals surface area contributed by atoms with E-state index in [4.69, 9.17) is 5.26 Å². The summed E-state index contributed by atoms with van der Waals surface area (Å²) in [6.45, 7) is 1.57. The van der Waals surface area contributed by atoms with Crippen LogP contribution in [0.4, 0.5) is 13.2 Å². The molecule has 0 spiro atoms. The Morgan fingerprint density at radius 2 is 1.97 bits per heavy atom. The lowest BCUT2D eigenvalue weighted by atomic mass is 9.98. The number of nitrogens with zero attached hydrogens (tertiary/aromatic N) is 1. The largest absolute Gasteiger partial charge is 0.418 e. The first kappa shape index (κ1) is 22.0. The van der Waals surface area contributed by atoms with Crippen molar-refractivity contribution in [3.05, 3.63) is 40.6 Å². The molecule has 1 aromatic heterocycles. The number of benzene rings is 1. The number of fused-ring (bicyclic) bond motifs is 1. The molecule has 1 heterocycles. The van der Waals surface area contributed by atoms with Crippen LogP contribution in [0.25, 0.3) is 10.9 Å². The van der Waals surface area contributed by atoms with Crippen LogP contribution >= 0.6 is 0 Å². The van der Waals surface area contributed by atoms with Crippen molar-refractivity contribution in [2.45, 2.75) is 38.3 Å². The number of nitrogens with one attached hydrogen (secondary N) is 2. The van der Waals surface area contributed by atoms with Gasteiger partial charge in [0.25, 0.3) is 5.91 Å². The van der Waals surface area contributed by atoms with Gasteiger partial charge in [-0.2, -0.15) is 13.2 Å². The third-order valence-corrected chi connectivity index (χ3v) is 4.87. The molecule has 3 N–H and O–H groups in total. The molecule has 0 saturated heterocycles. The maximum Gasteiger partial charge on any atom is 0.418 e. The second-order valence-corrected chi connectivity index (χ2v) is 7.28. The number of alkyl halides is 3. The highest BCUT2D eigenvalue weighted by molar-refractivity contribution is 5.98. The Morgan fingerprint density at radius 1 is 1.23 bits per heavy atom. The van der Waals surface area contributed by atoms with Crippen molar-refractivity contribution in [3.63, 3.8) is 0 Å². The number of hydrogen-bond acceptors (Lipinski definition) is 5. The molecule has 0 unspecified atom stereocenters. The van der Waals surface area contributed by atoms with Crippen LogP contribution in [0.15, 0.2) is 18.2 Å². The van der Waals surface area contributed by atoms with Gasteiger partial charge in [-0.3, -0.25) is 14.8 Å². The van der Waals surface area contributed by atoms with E-state index in [-0.39, 0.29) is 36.8 Å². The van der Waals surface area contributed by atoms with Crippen LogP contribution in [0.2, 0.25) is 0 Å². The van der Waals surface area contributed by atoms with Gasteiger partial charge in [-0.05, 0) is 61.4 Å². The maximum absolute atomic E-state index is 13.7. The zero-order valence-corrected chi connectivity index (χ0v) is 16.3. The van der Waals surface area contributed by atoms with E-state index < -0.39 is 23.6 Å². The molecule has 162 valence electrons. The number of pyridine rings is 1. The third-order valence-electron chi connectivity index (χ3n) is 4.87. The van der Waals surface area contributed by atoms with Gasteiger partial charge in [-0.25, -0.2) is 9.87 Å². The Kier molecular flexibility index (Phi) is 6.57. The van der Waals surface area contributed by atoms with Gasteiger partial charge in [0.2, 0.25) is 5.91 Å². The molecule has 1 aromatic carbocycles. The van der Waals surface area contributed by atoms with E-state index in [1.807, 2.05) is 0 Å². The Labute approximate surface area is 170 Å². The zero-order chi connectivity index (χ0) is 21.9. The molecular weight excluding hydrogens is 403 g/mol. The normalized spacial score (nSPS) is 14.0. The Hall–Kier alpha value is -2.72. The molecule has 1 aliphatic carbocycles. The summed E-state index contributed by atoms with van der Waals surface area (Å²) in [7, 11) is 0. The second-order valence-electron chi connectivity index (χ2n) is 7.28. The van der Waals surface area contributed by atoms with E-state index >= 15 is 0 Å². The minimum absolute atomic E-state index is 0.0525. The quantitative estimate of drug-likeness (QED) is 0.343. The van der Waals surface area contributed by atoms with Crippen LogP contribution in [-0.2, 0) is 15.9 Å². The lowest BCUT2D eigenvalue weighted by Gasteiger charge is -2.15. The summed E-state index contributed by atoms with van der Waals surface area (Å²) in [5.41, 5.74) is -0.174. The van der Waals surface area contributed by atoms with Crippen LogP contribution in [0, 0.1) is 6.92 Å². The van der Waals surface area contributed by atoms with E-state index in [2.05, 4.69) is 20.5 Å². The van der Waals surface area contributed by atoms with Gasteiger partial charge in [-0.1, -0.05) is 0 Å². The lowest BCUT2D eigenvalue weighted by molar-refractivity contribution is -0.242. The van der Waals surface area contributed by atoms with Crippen LogP contribution in [0.5, 0.6) is 0 Å². The van der Waals surface area contributed by atoms with Crippen molar-refractivity contribution in [1.82, 2.24) is 15.6 Å². The Morgan fingerprint density at radius 3 is 2.60 bits per heavy atom. The molecule has 2 amide bonds. The van der Waals surface area contributed by atoms with Gasteiger partial charge in [-0.15, -0.1) is 0 Å². The van der Waals surface area contributed by atoms with Crippen molar-refractivity contribution in [1.29, 1.82) is 0 Å². The first-order valence-corrected chi connectivity index (χ1v) is 9.54. The SMILES string of the molecule is Cc1cc(C(=O)NCC(=O)NCCCOO)nc2c(C(F)(F)F)cc(C3CC3)cc12. The van der Waals surface area contributed by atoms with E-state index in [9.17, 15) is 22.8 Å². The van der Waals surface area contributed by atoms with Crippen LogP contribution in [-0.4, -0.2) is 41.8 Å². The van der Waals surface area contributed by atoms with Crippen molar-refractivity contribution < 1.29 is 32.9 Å². The maximum atomic E-state index is 13.7. The number of hydrogen-bond donors (Lipinski definition) is 3. The molecule has 30 heavy (non-hydrogen) atoms. The number of amides is 2. The average Bonchev–Trinajstić information content (AvgIpc) is 3.53. The highest BCUT2D eigenvalue weighted by atomic mass is 19.4. The fourth-order valence-electron chi connectivity index (χ4n) is 3.18. The van der Waals surface area contributed by atoms with Crippen LogP contribution in [0.1, 0.15) is 52.4 Å². The van der Waals surface area contributed by atoms with E-state index in [1.165, 1.54) is 6.07 Å². The minimum Gasteiger partial charge on any atom is -0.354 e. The summed E-state index contributed by atoms with van der Waals surface area (Å²) in [6.07, 6.45) is -2.49. The van der Waals surface area contributed by atoms with Gasteiger partial charge in [0, 0.05) is 11.9 Å². The highest BCUT2D eigenvalue weighted by Crippen LogP contribution is 2.44. The zero-order valence-electron chi connectivity index (χ0n) is 16.3. The molecule has 10 heteroatoms. The topological polar surface area (TPSA) is 101 Å². The molecular formula is C20H22F3N3O4. The van der Waals surface area contributed by atoms with Crippen molar-refractivity contribution >= 4 is 22.7 Å². The molecule has 1 fully saturated rings. The monoisotopic (exact) mass is 425 g/mol. The fourth-order valence-corrected chi connectivity index (χ4v) is 3.18. The molecule has 0 atom stereocenters. The van der Waals surface area contributed by atoms with Crippen molar-refractivity contribution in [2.75, 3.05) is 19.7 Å². The van der Waals surface area contributed by atoms with Crippen LogP contribution < -0.4 is 10.6 Å². The number of rotatable bonds is 8. The Bertz CT molecular complexity index is 958. The lowest BCUT2D eigenvalue weighted by Crippen LogP contribution is -2.37. The molecule has 7 nitrogen and oxygen atoms in total. The number of aromatic nitrogens is 1. The first-order chi connectivity index (χ1) is 14.2. The van der Waals surface area contributed by atoms with Crippen molar-refractivity contribution in [3.8, 4) is 0 Å². The molecule has 1 aliphatic rings. The third kappa shape index (κ3) is 5.25. The minimum atomic E-state index is -4.60. The van der Waals surface area contributed by atoms with Crippen LogP contribution in [0.3, 0.4) is 0 Å². The standard InChI is InChI=1S/C20H22F3N3O4/c1-11-7-16(19(28)25-10-17(27)24-5-2-6-30-29)26-18-14(11)8-13(12-3-4-12)9-15(18)20(21,22)23/h7-9,12,29H,2-6,10H2,1H3,(H,24,27)(H,25,28). The molecule has 3 rings (SSSR count). The smallest absolute Gasteiger partial charge is 0.354 e. The molecule has 2 aromatic rings. The predicted molar refractivity (Wildman–Crippen MR) is 102 cm³/mol. The number of halogens is 3. The van der Waals surface area contributed by atoms with Gasteiger partial charge >= 0.3 is 6.18 Å². The number of carbonyl (C=O) groups is 2. The van der Waals surface area contributed by atoms with Gasteiger partial charge in [0.15, 0.2) is 0 Å². The summed E-state index contributed by atoms with van der Waals surface area (Å²) in [6, 6.07) is 4.26. The molecule has 0 aliphatic heterocycles. The molecule has 0 bridgehead atoms. The summed E-state index contributed by atoms with van der Waals surface area (Å²) < 4.78 is 41.0. The fraction of sp³-hybridized carbons (Fsp3) is 0.450. The Balaban J connectivity index is 1.80. The second kappa shape index (κ2) is 8.97. The summed E-state index contributed by atoms with van der Waals surface area (Å²) in [4.78, 5) is 31.9. The molecule has 1 saturated carbocycles. The van der Waals surface area contributed by atoms with Gasteiger partial charge < -0.3 is 10.6 Å². The molecule has 0 radical (unpaired) electrons. The van der Waals surface area contributed by atoms with E-state index in [1.54, 1.807) is 13.0 Å². The van der Waals surface area contributed by atoms with Gasteiger partial charge in [0.1, 0.15) is 5.69 Å². The van der Waals surface area contributed by atoms with E-state index in [0.717, 1.165) is 18.9 Å². The summed E-state index contributed by atoms with van der Waals surface area (Å²) in [5.74, 6) is -1.09. The van der Waals surface area contributed by atoms with Crippen molar-refractivity contribution in [2.24, 2.45) is 0 Å². The first-order valence-electron chi connectivity index (χ1n) is 9.54. The highest BCUT2D eigenvalue weighted by Gasteiger charge is 2.36. The average molecular weight is 425 g/mol. The number of carbonyl (C=O) groups excluding carboxylic acids is 2. The summed E-state index contributed by atoms with van der Waals surface area (Å²) in [5, 5.41) is 13.4. The van der Waals surface area contributed by atoms with E-state index in [0.29, 0.717) is 22.9 Å². The predicted octanol–water partition coefficient (Wildman–Crippen LogP) is 3.17. The number of aryl methyl sites for hydroxylation is 1. The summed E-state index contributed by atoms with van der Waals surface area (Å²) >= 11 is 0.